The molecule has 1 saturated carbocycles. The molecule has 0 spiro atoms. The lowest BCUT2D eigenvalue weighted by molar-refractivity contribution is 0.252. The number of nitrogens with one attached hydrogen (secondary N) is 1. The fourth-order valence-electron chi connectivity index (χ4n) is 1.32. The smallest absolute Gasteiger partial charge is 0.316 e. The first-order valence-corrected chi connectivity index (χ1v) is 4.03. The van der Waals surface area contributed by atoms with Gasteiger partial charge < -0.3 is 11.1 Å². The van der Waals surface area contributed by atoms with Gasteiger partial charge in [0.25, 0.3) is 0 Å². The van der Waals surface area contributed by atoms with Gasteiger partial charge in [0.2, 0.25) is 0 Å². The SMILES string of the molecule is NC(=O)NC=C1CCCCC1. The minimum Gasteiger partial charge on any atom is -0.351 e. The fraction of sp³-hybridized carbons (Fsp3) is 0.625. The van der Waals surface area contributed by atoms with E-state index >= 15 is 0 Å². The Hall–Kier alpha value is -0.990. The van der Waals surface area contributed by atoms with Crippen molar-refractivity contribution < 1.29 is 4.79 Å². The highest BCUT2D eigenvalue weighted by atomic mass is 16.2. The van der Waals surface area contributed by atoms with Crippen LogP contribution in [-0.4, -0.2) is 6.03 Å². The monoisotopic (exact) mass is 154 g/mol. The molecule has 1 rings (SSSR count). The summed E-state index contributed by atoms with van der Waals surface area (Å²) >= 11 is 0. The second-order valence-corrected chi connectivity index (χ2v) is 2.87. The van der Waals surface area contributed by atoms with Gasteiger partial charge in [-0.3, -0.25) is 0 Å². The van der Waals surface area contributed by atoms with Crippen LogP contribution in [0.15, 0.2) is 11.8 Å². The third-order valence-electron chi connectivity index (χ3n) is 1.91. The lowest BCUT2D eigenvalue weighted by Crippen LogP contribution is -2.24. The predicted octanol–water partition coefficient (Wildman–Crippen LogP) is 1.50. The van der Waals surface area contributed by atoms with Crippen LogP contribution in [0.1, 0.15) is 32.1 Å². The predicted molar refractivity (Wildman–Crippen MR) is 43.9 cm³/mol. The molecule has 2 amide bonds. The maximum absolute atomic E-state index is 10.3. The number of hydrogen-bond acceptors (Lipinski definition) is 1. The highest BCUT2D eigenvalue weighted by Crippen LogP contribution is 2.21. The van der Waals surface area contributed by atoms with E-state index in [9.17, 15) is 4.79 Å². The van der Waals surface area contributed by atoms with Crippen LogP contribution in [0.3, 0.4) is 0 Å². The van der Waals surface area contributed by atoms with Gasteiger partial charge in [0.15, 0.2) is 0 Å². The van der Waals surface area contributed by atoms with E-state index in [1.165, 1.54) is 24.8 Å². The number of nitrogens with two attached hydrogens (primary N) is 1. The Bertz CT molecular complexity index is 167. The second-order valence-electron chi connectivity index (χ2n) is 2.87. The molecule has 3 N–H and O–H groups in total. The number of urea groups is 1. The van der Waals surface area contributed by atoms with Crippen LogP contribution in [0.25, 0.3) is 0 Å². The lowest BCUT2D eigenvalue weighted by Gasteiger charge is -2.12. The van der Waals surface area contributed by atoms with Crippen molar-refractivity contribution in [2.75, 3.05) is 0 Å². The molecule has 0 saturated heterocycles. The van der Waals surface area contributed by atoms with Crippen molar-refractivity contribution >= 4 is 6.03 Å². The summed E-state index contributed by atoms with van der Waals surface area (Å²) in [5.41, 5.74) is 6.23. The lowest BCUT2D eigenvalue weighted by atomic mass is 9.96. The highest BCUT2D eigenvalue weighted by Gasteiger charge is 2.04. The summed E-state index contributed by atoms with van der Waals surface area (Å²) in [6.45, 7) is 0. The molecule has 0 aromatic rings. The number of carbonyl (C=O) groups excluding carboxylic acids is 1. The molecule has 0 bridgehead atoms. The summed E-state index contributed by atoms with van der Waals surface area (Å²) < 4.78 is 0. The topological polar surface area (TPSA) is 55.1 Å². The first-order chi connectivity index (χ1) is 5.29. The van der Waals surface area contributed by atoms with Gasteiger partial charge in [0.1, 0.15) is 0 Å². The van der Waals surface area contributed by atoms with Crippen LogP contribution >= 0.6 is 0 Å². The highest BCUT2D eigenvalue weighted by molar-refractivity contribution is 5.72. The van der Waals surface area contributed by atoms with Crippen molar-refractivity contribution in [1.29, 1.82) is 0 Å². The van der Waals surface area contributed by atoms with Crippen molar-refractivity contribution in [2.45, 2.75) is 32.1 Å². The first-order valence-electron chi connectivity index (χ1n) is 4.03. The van der Waals surface area contributed by atoms with Crippen LogP contribution in [-0.2, 0) is 0 Å². The Morgan fingerprint density at radius 3 is 2.55 bits per heavy atom. The molecule has 0 aliphatic heterocycles. The summed E-state index contributed by atoms with van der Waals surface area (Å²) in [7, 11) is 0. The molecule has 0 radical (unpaired) electrons. The molecular weight excluding hydrogens is 140 g/mol. The maximum atomic E-state index is 10.3. The number of hydrogen-bond donors (Lipinski definition) is 2. The average molecular weight is 154 g/mol. The molecule has 0 unspecified atom stereocenters. The van der Waals surface area contributed by atoms with Crippen LogP contribution in [0.4, 0.5) is 4.79 Å². The Kier molecular flexibility index (Phi) is 2.95. The molecule has 1 aliphatic carbocycles. The molecule has 1 fully saturated rings. The number of rotatable bonds is 1. The first kappa shape index (κ1) is 8.11. The van der Waals surface area contributed by atoms with Gasteiger partial charge >= 0.3 is 6.03 Å². The summed E-state index contributed by atoms with van der Waals surface area (Å²) in [4.78, 5) is 10.3. The van der Waals surface area contributed by atoms with Gasteiger partial charge in [-0.15, -0.1) is 0 Å². The molecule has 3 nitrogen and oxygen atoms in total. The number of allylic oxidation sites excluding steroid dienone is 1. The van der Waals surface area contributed by atoms with E-state index in [1.54, 1.807) is 6.20 Å². The number of amides is 2. The van der Waals surface area contributed by atoms with Crippen molar-refractivity contribution in [2.24, 2.45) is 5.73 Å². The van der Waals surface area contributed by atoms with Crippen molar-refractivity contribution in [1.82, 2.24) is 5.32 Å². The Morgan fingerprint density at radius 2 is 2.00 bits per heavy atom. The average Bonchev–Trinajstić information content (AvgIpc) is 2.03. The Balaban J connectivity index is 2.32. The molecule has 3 heteroatoms. The molecular formula is C8H14N2O. The van der Waals surface area contributed by atoms with Crippen LogP contribution < -0.4 is 11.1 Å². The molecule has 1 aliphatic rings. The zero-order valence-corrected chi connectivity index (χ0v) is 6.60. The van der Waals surface area contributed by atoms with Gasteiger partial charge in [0.05, 0.1) is 0 Å². The minimum absolute atomic E-state index is 0.469. The quantitative estimate of drug-likeness (QED) is 0.591. The van der Waals surface area contributed by atoms with E-state index in [-0.39, 0.29) is 0 Å². The van der Waals surface area contributed by atoms with Crippen molar-refractivity contribution in [3.63, 3.8) is 0 Å². The van der Waals surface area contributed by atoms with Crippen molar-refractivity contribution in [3.8, 4) is 0 Å². The number of carbonyl (C=O) groups is 1. The molecule has 62 valence electrons. The molecule has 11 heavy (non-hydrogen) atoms. The Labute approximate surface area is 66.6 Å². The third-order valence-corrected chi connectivity index (χ3v) is 1.91. The van der Waals surface area contributed by atoms with Crippen LogP contribution in [0.5, 0.6) is 0 Å². The largest absolute Gasteiger partial charge is 0.351 e. The van der Waals surface area contributed by atoms with Crippen LogP contribution in [0.2, 0.25) is 0 Å². The van der Waals surface area contributed by atoms with E-state index in [4.69, 9.17) is 5.73 Å². The molecule has 0 aromatic heterocycles. The molecule has 0 atom stereocenters. The second kappa shape index (κ2) is 4.01. The number of primary amides is 1. The summed E-state index contributed by atoms with van der Waals surface area (Å²) in [6.07, 6.45) is 7.77. The van der Waals surface area contributed by atoms with E-state index < -0.39 is 6.03 Å². The third kappa shape index (κ3) is 3.07. The van der Waals surface area contributed by atoms with E-state index in [1.807, 2.05) is 0 Å². The van der Waals surface area contributed by atoms with Crippen LogP contribution in [0, 0.1) is 0 Å². The normalized spacial score (nSPS) is 17.6. The Morgan fingerprint density at radius 1 is 1.36 bits per heavy atom. The molecule has 0 heterocycles. The maximum Gasteiger partial charge on any atom is 0.316 e. The van der Waals surface area contributed by atoms with E-state index in [0.717, 1.165) is 12.8 Å². The van der Waals surface area contributed by atoms with Crippen molar-refractivity contribution in [3.05, 3.63) is 11.8 Å². The summed E-state index contributed by atoms with van der Waals surface area (Å²) in [6, 6.07) is -0.469. The van der Waals surface area contributed by atoms with Gasteiger partial charge in [0, 0.05) is 6.20 Å². The zero-order chi connectivity index (χ0) is 8.10. The standard InChI is InChI=1S/C8H14N2O/c9-8(11)10-6-7-4-2-1-3-5-7/h6H,1-5H2,(H3,9,10,11). The summed E-state index contributed by atoms with van der Waals surface area (Å²) in [5.74, 6) is 0. The van der Waals surface area contributed by atoms with Gasteiger partial charge in [-0.25, -0.2) is 4.79 Å². The van der Waals surface area contributed by atoms with Gasteiger partial charge in [-0.2, -0.15) is 0 Å². The van der Waals surface area contributed by atoms with Gasteiger partial charge in [-0.1, -0.05) is 12.0 Å². The minimum atomic E-state index is -0.469. The fourth-order valence-corrected chi connectivity index (χ4v) is 1.32. The van der Waals surface area contributed by atoms with E-state index in [0.29, 0.717) is 0 Å². The summed E-state index contributed by atoms with van der Waals surface area (Å²) in [5, 5.41) is 2.49. The van der Waals surface area contributed by atoms with Gasteiger partial charge in [-0.05, 0) is 25.7 Å². The molecule has 0 aromatic carbocycles. The van der Waals surface area contributed by atoms with E-state index in [2.05, 4.69) is 5.32 Å². The zero-order valence-electron chi connectivity index (χ0n) is 6.60.